The molecule has 1 aliphatic carbocycles. The molecule has 1 aromatic heterocycles. The summed E-state index contributed by atoms with van der Waals surface area (Å²) in [6.45, 7) is 5.45. The van der Waals surface area contributed by atoms with E-state index in [1.54, 1.807) is 6.20 Å². The van der Waals surface area contributed by atoms with Crippen LogP contribution in [0.3, 0.4) is 0 Å². The SMILES string of the molecule is C[C@]1(N2CCN(c3cc4cc(NC(=O)[C@@H]5CC[C@H]5C#N)ncc4cc3Cl)CC2)COC[C@H]1F. The van der Waals surface area contributed by atoms with Crippen LogP contribution in [0.15, 0.2) is 24.4 Å². The number of fused-ring (bicyclic) bond motifs is 1. The van der Waals surface area contributed by atoms with Gasteiger partial charge in [-0.05, 0) is 43.4 Å². The minimum atomic E-state index is -0.974. The molecule has 9 heteroatoms. The van der Waals surface area contributed by atoms with Gasteiger partial charge in [0.15, 0.2) is 0 Å². The van der Waals surface area contributed by atoms with E-state index in [9.17, 15) is 9.18 Å². The van der Waals surface area contributed by atoms with Crippen LogP contribution in [0.2, 0.25) is 5.02 Å². The molecule has 3 fully saturated rings. The number of piperazine rings is 1. The maximum absolute atomic E-state index is 14.4. The van der Waals surface area contributed by atoms with Crippen LogP contribution >= 0.6 is 11.6 Å². The largest absolute Gasteiger partial charge is 0.376 e. The highest BCUT2D eigenvalue weighted by Crippen LogP contribution is 2.36. The van der Waals surface area contributed by atoms with E-state index in [-0.39, 0.29) is 24.3 Å². The number of alkyl halides is 1. The van der Waals surface area contributed by atoms with Crippen LogP contribution in [0.1, 0.15) is 19.8 Å². The number of pyridine rings is 1. The van der Waals surface area contributed by atoms with Gasteiger partial charge >= 0.3 is 0 Å². The van der Waals surface area contributed by atoms with Crippen LogP contribution in [-0.2, 0) is 9.53 Å². The number of rotatable bonds is 4. The smallest absolute Gasteiger partial charge is 0.229 e. The lowest BCUT2D eigenvalue weighted by Crippen LogP contribution is -2.59. The van der Waals surface area contributed by atoms with E-state index in [2.05, 4.69) is 26.2 Å². The number of nitriles is 1. The van der Waals surface area contributed by atoms with Gasteiger partial charge in [0.1, 0.15) is 12.0 Å². The first-order valence-electron chi connectivity index (χ1n) is 11.4. The normalized spacial score (nSPS) is 30.1. The molecule has 2 aliphatic heterocycles. The molecule has 174 valence electrons. The Morgan fingerprint density at radius 1 is 1.27 bits per heavy atom. The van der Waals surface area contributed by atoms with Gasteiger partial charge in [-0.1, -0.05) is 11.6 Å². The second kappa shape index (κ2) is 8.71. The zero-order valence-corrected chi connectivity index (χ0v) is 19.3. The molecule has 0 spiro atoms. The number of nitrogens with one attached hydrogen (secondary N) is 1. The van der Waals surface area contributed by atoms with Crippen LogP contribution in [0, 0.1) is 23.2 Å². The zero-order chi connectivity index (χ0) is 23.2. The average Bonchev–Trinajstić information content (AvgIpc) is 3.12. The Bertz CT molecular complexity index is 1120. The predicted octanol–water partition coefficient (Wildman–Crippen LogP) is 3.63. The van der Waals surface area contributed by atoms with E-state index >= 15 is 0 Å². The molecule has 1 aromatic carbocycles. The van der Waals surface area contributed by atoms with Crippen molar-refractivity contribution < 1.29 is 13.9 Å². The Morgan fingerprint density at radius 3 is 2.70 bits per heavy atom. The number of aromatic nitrogens is 1. The number of carbonyl (C=O) groups is 1. The summed E-state index contributed by atoms with van der Waals surface area (Å²) < 4.78 is 19.8. The summed E-state index contributed by atoms with van der Waals surface area (Å²) in [5, 5.41) is 14.4. The fourth-order valence-electron chi connectivity index (χ4n) is 5.04. The standard InChI is InChI=1S/C24H27ClFN5O2/c1-24(14-33-13-21(24)26)31-6-4-30(5-7-31)20-9-16-10-22(28-12-17(16)8-19(20)25)29-23(32)18-3-2-15(18)11-27/h8-10,12,15,18,21H,2-7,13-14H2,1H3,(H,28,29,32)/t15-,18+,21+,24-/m0/s1. The van der Waals surface area contributed by atoms with Crippen molar-refractivity contribution in [2.75, 3.05) is 49.6 Å². The van der Waals surface area contributed by atoms with Gasteiger partial charge in [0.05, 0.1) is 47.4 Å². The van der Waals surface area contributed by atoms with E-state index in [0.29, 0.717) is 17.4 Å². The van der Waals surface area contributed by atoms with Crippen molar-refractivity contribution in [3.05, 3.63) is 29.4 Å². The molecule has 5 rings (SSSR count). The number of anilines is 2. The van der Waals surface area contributed by atoms with Gasteiger partial charge in [-0.25, -0.2) is 9.37 Å². The Balaban J connectivity index is 1.31. The summed E-state index contributed by atoms with van der Waals surface area (Å²) in [7, 11) is 0. The number of nitrogens with zero attached hydrogens (tertiary/aromatic N) is 4. The number of carbonyl (C=O) groups excluding carboxylic acids is 1. The van der Waals surface area contributed by atoms with Crippen molar-refractivity contribution in [1.82, 2.24) is 9.88 Å². The minimum Gasteiger partial charge on any atom is -0.376 e. The lowest BCUT2D eigenvalue weighted by molar-refractivity contribution is -0.123. The van der Waals surface area contributed by atoms with Gasteiger partial charge in [0.2, 0.25) is 5.91 Å². The maximum Gasteiger partial charge on any atom is 0.229 e. The third-order valence-corrected chi connectivity index (χ3v) is 7.79. The molecule has 4 atom stereocenters. The number of ether oxygens (including phenoxy) is 1. The summed E-state index contributed by atoms with van der Waals surface area (Å²) >= 11 is 6.61. The average molecular weight is 472 g/mol. The van der Waals surface area contributed by atoms with Gasteiger partial charge in [-0.3, -0.25) is 9.69 Å². The summed E-state index contributed by atoms with van der Waals surface area (Å²) in [4.78, 5) is 21.2. The molecule has 1 saturated carbocycles. The molecule has 7 nitrogen and oxygen atoms in total. The molecule has 0 radical (unpaired) electrons. The lowest BCUT2D eigenvalue weighted by Gasteiger charge is -2.44. The zero-order valence-electron chi connectivity index (χ0n) is 18.6. The van der Waals surface area contributed by atoms with Gasteiger partial charge in [0.25, 0.3) is 0 Å². The second-order valence-corrected chi connectivity index (χ2v) is 9.85. The molecule has 33 heavy (non-hydrogen) atoms. The van der Waals surface area contributed by atoms with Crippen LogP contribution in [0.5, 0.6) is 0 Å². The molecule has 1 amide bonds. The van der Waals surface area contributed by atoms with Crippen LogP contribution in [-0.4, -0.2) is 66.9 Å². The number of halogens is 2. The summed E-state index contributed by atoms with van der Waals surface area (Å²) in [6, 6.07) is 7.94. The predicted molar refractivity (Wildman–Crippen MR) is 125 cm³/mol. The summed E-state index contributed by atoms with van der Waals surface area (Å²) in [5.74, 6) is -0.154. The Kier molecular flexibility index (Phi) is 5.89. The van der Waals surface area contributed by atoms with Gasteiger partial charge in [-0.15, -0.1) is 0 Å². The first-order chi connectivity index (χ1) is 15.9. The molecule has 0 unspecified atom stereocenters. The van der Waals surface area contributed by atoms with E-state index in [4.69, 9.17) is 21.6 Å². The van der Waals surface area contributed by atoms with E-state index in [0.717, 1.165) is 55.5 Å². The fraction of sp³-hybridized carbons (Fsp3) is 0.542. The van der Waals surface area contributed by atoms with Crippen molar-refractivity contribution >= 4 is 39.8 Å². The van der Waals surface area contributed by atoms with Gasteiger partial charge < -0.3 is 15.0 Å². The molecule has 1 N–H and O–H groups in total. The van der Waals surface area contributed by atoms with Crippen molar-refractivity contribution in [2.24, 2.45) is 11.8 Å². The van der Waals surface area contributed by atoms with E-state index in [1.165, 1.54) is 0 Å². The lowest BCUT2D eigenvalue weighted by atomic mass is 9.74. The van der Waals surface area contributed by atoms with E-state index < -0.39 is 11.7 Å². The molecule has 2 aromatic rings. The molecular weight excluding hydrogens is 445 g/mol. The first-order valence-corrected chi connectivity index (χ1v) is 11.8. The second-order valence-electron chi connectivity index (χ2n) is 9.44. The molecular formula is C24H27ClFN5O2. The molecule has 3 aliphatic rings. The third kappa shape index (κ3) is 4.03. The van der Waals surface area contributed by atoms with Crippen molar-refractivity contribution in [3.63, 3.8) is 0 Å². The summed E-state index contributed by atoms with van der Waals surface area (Å²) in [5.41, 5.74) is 0.351. The topological polar surface area (TPSA) is 81.5 Å². The summed E-state index contributed by atoms with van der Waals surface area (Å²) in [6.07, 6.45) is 2.23. The van der Waals surface area contributed by atoms with Gasteiger partial charge in [-0.2, -0.15) is 5.26 Å². The number of benzene rings is 1. The first kappa shape index (κ1) is 22.3. The number of hydrogen-bond donors (Lipinski definition) is 1. The Labute approximate surface area is 197 Å². The Morgan fingerprint density at radius 2 is 2.06 bits per heavy atom. The molecule has 3 heterocycles. The van der Waals surface area contributed by atoms with Crippen molar-refractivity contribution in [3.8, 4) is 6.07 Å². The van der Waals surface area contributed by atoms with Crippen LogP contribution in [0.4, 0.5) is 15.9 Å². The number of amides is 1. The third-order valence-electron chi connectivity index (χ3n) is 7.49. The minimum absolute atomic E-state index is 0.152. The van der Waals surface area contributed by atoms with Gasteiger partial charge in [0, 0.05) is 37.8 Å². The van der Waals surface area contributed by atoms with Crippen LogP contribution in [0.25, 0.3) is 10.8 Å². The van der Waals surface area contributed by atoms with Crippen molar-refractivity contribution in [2.45, 2.75) is 31.5 Å². The maximum atomic E-state index is 14.4. The Hall–Kier alpha value is -2.47. The quantitative estimate of drug-likeness (QED) is 0.733. The molecule has 0 bridgehead atoms. The highest BCUT2D eigenvalue weighted by atomic mass is 35.5. The highest BCUT2D eigenvalue weighted by Gasteiger charge is 2.46. The monoisotopic (exact) mass is 471 g/mol. The highest BCUT2D eigenvalue weighted by molar-refractivity contribution is 6.34. The van der Waals surface area contributed by atoms with E-state index in [1.807, 2.05) is 25.1 Å². The fourth-order valence-corrected chi connectivity index (χ4v) is 5.33. The molecule has 2 saturated heterocycles. The number of hydrogen-bond acceptors (Lipinski definition) is 6. The van der Waals surface area contributed by atoms with Crippen LogP contribution < -0.4 is 10.2 Å². The van der Waals surface area contributed by atoms with Crippen molar-refractivity contribution in [1.29, 1.82) is 5.26 Å².